The van der Waals surface area contributed by atoms with Gasteiger partial charge >= 0.3 is 5.69 Å². The number of carbonyl (C=O) groups excluding carboxylic acids is 1. The molecule has 3 aromatic carbocycles. The van der Waals surface area contributed by atoms with Gasteiger partial charge in [0, 0.05) is 99.0 Å². The molecule has 1 fully saturated rings. The minimum Gasteiger partial charge on any atom is -0.457 e. The maximum atomic E-state index is 13.1. The van der Waals surface area contributed by atoms with Crippen LogP contribution >= 0.6 is 0 Å². The Hall–Kier alpha value is -5.17. The predicted octanol–water partition coefficient (Wildman–Crippen LogP) is 3.33. The molecular formula is C36H40N6O6. The van der Waals surface area contributed by atoms with Gasteiger partial charge in [0.05, 0.1) is 12.7 Å². The van der Waals surface area contributed by atoms with Crippen LogP contribution in [0.1, 0.15) is 51.2 Å². The molecule has 4 aromatic rings. The number of hydrogen-bond donors (Lipinski definition) is 4. The Balaban J connectivity index is 1.17. The summed E-state index contributed by atoms with van der Waals surface area (Å²) in [7, 11) is 8.00. The minimum absolute atomic E-state index is 0.0267. The molecular weight excluding hydrogens is 612 g/mol. The van der Waals surface area contributed by atoms with E-state index in [9.17, 15) is 19.8 Å². The van der Waals surface area contributed by atoms with Gasteiger partial charge < -0.3 is 40.5 Å². The summed E-state index contributed by atoms with van der Waals surface area (Å²) in [6.45, 7) is -0.162. The normalized spacial score (nSPS) is 18.7. The van der Waals surface area contributed by atoms with E-state index in [-0.39, 0.29) is 37.2 Å². The molecule has 3 atom stereocenters. The molecule has 3 heterocycles. The van der Waals surface area contributed by atoms with E-state index in [0.29, 0.717) is 11.1 Å². The van der Waals surface area contributed by atoms with E-state index in [4.69, 9.17) is 15.2 Å². The summed E-state index contributed by atoms with van der Waals surface area (Å²) in [5.74, 6) is 1.31. The fourth-order valence-corrected chi connectivity index (χ4v) is 6.05. The first kappa shape index (κ1) is 32.8. The molecule has 1 amide bonds. The molecule has 0 saturated carbocycles. The van der Waals surface area contributed by atoms with Crippen LogP contribution in [0.4, 0.5) is 17.2 Å². The van der Waals surface area contributed by atoms with Crippen molar-refractivity contribution in [1.82, 2.24) is 14.9 Å². The molecule has 2 aliphatic rings. The van der Waals surface area contributed by atoms with Crippen LogP contribution in [0.5, 0.6) is 11.5 Å². The van der Waals surface area contributed by atoms with Gasteiger partial charge in [-0.15, -0.1) is 0 Å². The van der Waals surface area contributed by atoms with Gasteiger partial charge in [-0.25, -0.2) is 4.79 Å². The molecule has 0 aliphatic carbocycles. The number of aliphatic hydroxyl groups is 2. The summed E-state index contributed by atoms with van der Waals surface area (Å²) in [5, 5.41) is 22.3. The zero-order valence-electron chi connectivity index (χ0n) is 27.3. The van der Waals surface area contributed by atoms with E-state index < -0.39 is 24.1 Å². The van der Waals surface area contributed by atoms with Crippen molar-refractivity contribution in [2.24, 2.45) is 0 Å². The van der Waals surface area contributed by atoms with Crippen molar-refractivity contribution in [3.63, 3.8) is 0 Å². The van der Waals surface area contributed by atoms with Crippen LogP contribution in [-0.4, -0.2) is 79.2 Å². The molecule has 5 N–H and O–H groups in total. The first-order valence-electron chi connectivity index (χ1n) is 15.7. The molecule has 0 unspecified atom stereocenters. The Labute approximate surface area is 278 Å². The van der Waals surface area contributed by atoms with Crippen LogP contribution in [0.25, 0.3) is 6.08 Å². The summed E-state index contributed by atoms with van der Waals surface area (Å²) in [5.41, 5.74) is 11.5. The summed E-state index contributed by atoms with van der Waals surface area (Å²) < 4.78 is 13.3. The number of nitrogens with zero attached hydrogens (tertiary/aromatic N) is 4. The van der Waals surface area contributed by atoms with Crippen LogP contribution in [0.3, 0.4) is 0 Å². The zero-order chi connectivity index (χ0) is 34.1. The molecule has 0 radical (unpaired) electrons. The van der Waals surface area contributed by atoms with Crippen molar-refractivity contribution in [3.05, 3.63) is 111 Å². The van der Waals surface area contributed by atoms with Crippen molar-refractivity contribution in [3.8, 4) is 11.5 Å². The second kappa shape index (κ2) is 13.5. The number of nitrogens with two attached hydrogens (primary N) is 1. The first-order chi connectivity index (χ1) is 23.0. The highest BCUT2D eigenvalue weighted by Gasteiger charge is 2.35. The van der Waals surface area contributed by atoms with Crippen molar-refractivity contribution in [2.45, 2.75) is 30.8 Å². The second-order valence-electron chi connectivity index (χ2n) is 12.4. The number of aromatic nitrogens is 2. The van der Waals surface area contributed by atoms with Gasteiger partial charge in [-0.1, -0.05) is 36.4 Å². The molecule has 6 rings (SSSR count). The quantitative estimate of drug-likeness (QED) is 0.186. The summed E-state index contributed by atoms with van der Waals surface area (Å²) in [4.78, 5) is 33.4. The van der Waals surface area contributed by atoms with Crippen molar-refractivity contribution in [2.75, 3.05) is 56.9 Å². The number of anilines is 3. The summed E-state index contributed by atoms with van der Waals surface area (Å²) in [6, 6.07) is 20.1. The van der Waals surface area contributed by atoms with Gasteiger partial charge in [-0.2, -0.15) is 4.98 Å². The molecule has 0 spiro atoms. The van der Waals surface area contributed by atoms with E-state index in [1.54, 1.807) is 12.2 Å². The molecule has 48 heavy (non-hydrogen) atoms. The number of fused-ring (bicyclic) bond motifs is 2. The van der Waals surface area contributed by atoms with Crippen LogP contribution in [0.15, 0.2) is 77.7 Å². The number of ether oxygens (including phenoxy) is 2. The lowest BCUT2D eigenvalue weighted by molar-refractivity contribution is -0.0458. The Morgan fingerprint density at radius 3 is 2.21 bits per heavy atom. The first-order valence-corrected chi connectivity index (χ1v) is 15.7. The van der Waals surface area contributed by atoms with Gasteiger partial charge in [-0.3, -0.25) is 9.36 Å². The Morgan fingerprint density at radius 1 is 1.02 bits per heavy atom. The number of nitrogen functional groups attached to an aromatic ring is 1. The van der Waals surface area contributed by atoms with E-state index >= 15 is 0 Å². The number of amides is 1. The molecule has 12 nitrogen and oxygen atoms in total. The molecule has 12 heteroatoms. The maximum absolute atomic E-state index is 13.1. The lowest BCUT2D eigenvalue weighted by Crippen LogP contribution is -2.28. The Kier molecular flexibility index (Phi) is 9.22. The van der Waals surface area contributed by atoms with Gasteiger partial charge in [0.15, 0.2) is 0 Å². The van der Waals surface area contributed by atoms with Gasteiger partial charge in [0.1, 0.15) is 29.6 Å². The lowest BCUT2D eigenvalue weighted by atomic mass is 9.82. The third-order valence-electron chi connectivity index (χ3n) is 8.76. The van der Waals surface area contributed by atoms with Crippen LogP contribution in [-0.2, 0) is 4.74 Å². The molecule has 250 valence electrons. The van der Waals surface area contributed by atoms with Crippen LogP contribution in [0.2, 0.25) is 0 Å². The van der Waals surface area contributed by atoms with Gasteiger partial charge in [0.2, 0.25) is 0 Å². The predicted molar refractivity (Wildman–Crippen MR) is 185 cm³/mol. The largest absolute Gasteiger partial charge is 0.457 e. The molecule has 1 saturated heterocycles. The van der Waals surface area contributed by atoms with Gasteiger partial charge in [0.25, 0.3) is 5.91 Å². The van der Waals surface area contributed by atoms with Crippen LogP contribution < -0.4 is 31.3 Å². The van der Waals surface area contributed by atoms with Crippen molar-refractivity contribution in [1.29, 1.82) is 0 Å². The fraction of sp³-hybridized carbons (Fsp3) is 0.306. The smallest absolute Gasteiger partial charge is 0.351 e. The highest BCUT2D eigenvalue weighted by atomic mass is 16.5. The van der Waals surface area contributed by atoms with E-state index in [2.05, 4.69) is 46.7 Å². The minimum atomic E-state index is -0.899. The summed E-state index contributed by atoms with van der Waals surface area (Å²) >= 11 is 0. The fourth-order valence-electron chi connectivity index (χ4n) is 6.05. The Morgan fingerprint density at radius 2 is 1.65 bits per heavy atom. The number of benzene rings is 3. The third-order valence-corrected chi connectivity index (χ3v) is 8.76. The number of aliphatic hydroxyl groups excluding tert-OH is 2. The highest BCUT2D eigenvalue weighted by molar-refractivity contribution is 5.94. The second-order valence-corrected chi connectivity index (χ2v) is 12.4. The monoisotopic (exact) mass is 652 g/mol. The van der Waals surface area contributed by atoms with E-state index in [1.807, 2.05) is 62.3 Å². The zero-order valence-corrected chi connectivity index (χ0v) is 27.3. The van der Waals surface area contributed by atoms with Crippen LogP contribution in [0, 0.1) is 0 Å². The lowest BCUT2D eigenvalue weighted by Gasteiger charge is -2.30. The number of nitrogens with one attached hydrogen (secondary N) is 1. The topological polar surface area (TPSA) is 155 Å². The van der Waals surface area contributed by atoms with E-state index in [1.165, 1.54) is 10.8 Å². The highest BCUT2D eigenvalue weighted by Crippen LogP contribution is 2.49. The Bertz CT molecular complexity index is 1850. The molecule has 2 aliphatic heterocycles. The number of carbonyl (C=O) groups is 1. The van der Waals surface area contributed by atoms with Crippen molar-refractivity contribution >= 4 is 29.2 Å². The molecule has 0 bridgehead atoms. The van der Waals surface area contributed by atoms with Crippen molar-refractivity contribution < 1.29 is 24.5 Å². The van der Waals surface area contributed by atoms with Gasteiger partial charge in [-0.05, 0) is 29.8 Å². The maximum Gasteiger partial charge on any atom is 0.351 e. The number of rotatable bonds is 9. The number of hydrogen-bond acceptors (Lipinski definition) is 10. The standard InChI is InChI=1S/C36H40N6O6/c1-40(2)24-11-13-26-29(16-24)47-30-17-25(41(3)4)12-14-27(30)33(26)21-7-9-22(10-8-21)35(45)38-15-5-6-23-19-42(36(46)39-34(23)37)32-18-28(44)31(20-43)48-32/h5-14,16-17,19,28,31-33,43-44H,15,18,20H2,1-4H3,(H,38,45)(H2,37,39,46)/b6-5+/t28-,31+,32+/m0/s1. The average molecular weight is 653 g/mol. The third kappa shape index (κ3) is 6.50. The average Bonchev–Trinajstić information content (AvgIpc) is 3.45. The SMILES string of the molecule is CN(C)c1ccc2c(c1)Oc1cc(N(C)C)ccc1C2c1ccc(C(=O)NC/C=C/c2cn([C@H]3C[C@H](O)[C@@H](CO)O3)c(=O)nc2N)cc1. The molecule has 1 aromatic heterocycles. The van der Waals surface area contributed by atoms with E-state index in [0.717, 1.165) is 39.6 Å². The summed E-state index contributed by atoms with van der Waals surface area (Å²) in [6.07, 6.45) is 2.53.